The second kappa shape index (κ2) is 57.1. The molecule has 0 radical (unpaired) electrons. The lowest BCUT2D eigenvalue weighted by molar-refractivity contribution is -0.167. The Labute approximate surface area is 430 Å². The van der Waals surface area contributed by atoms with Crippen molar-refractivity contribution in [2.24, 2.45) is 0 Å². The molecule has 0 saturated heterocycles. The molecule has 70 heavy (non-hydrogen) atoms. The van der Waals surface area contributed by atoms with E-state index in [0.29, 0.717) is 19.3 Å². The van der Waals surface area contributed by atoms with Gasteiger partial charge in [-0.1, -0.05) is 244 Å². The van der Waals surface area contributed by atoms with Gasteiger partial charge in [0.25, 0.3) is 0 Å². The Bertz CT molecular complexity index is 1530. The molecule has 0 aliphatic heterocycles. The summed E-state index contributed by atoms with van der Waals surface area (Å²) in [4.78, 5) is 38.2. The molecule has 394 valence electrons. The van der Waals surface area contributed by atoms with Gasteiger partial charge in [-0.05, 0) is 103 Å². The molecule has 0 rings (SSSR count). The molecular weight excluding hydrogens is 865 g/mol. The number of carbonyl (C=O) groups is 3. The molecule has 0 saturated carbocycles. The van der Waals surface area contributed by atoms with Gasteiger partial charge in [0.1, 0.15) is 13.2 Å². The number of hydrogen-bond acceptors (Lipinski definition) is 6. The van der Waals surface area contributed by atoms with Gasteiger partial charge in [0.15, 0.2) is 6.10 Å². The molecule has 0 N–H and O–H groups in total. The van der Waals surface area contributed by atoms with Crippen molar-refractivity contribution in [1.29, 1.82) is 0 Å². The van der Waals surface area contributed by atoms with Crippen LogP contribution in [0.4, 0.5) is 0 Å². The maximum Gasteiger partial charge on any atom is 0.306 e. The predicted molar refractivity (Wildman–Crippen MR) is 302 cm³/mol. The maximum atomic E-state index is 12.8. The van der Waals surface area contributed by atoms with Crippen LogP contribution in [0.5, 0.6) is 0 Å². The summed E-state index contributed by atoms with van der Waals surface area (Å²) in [5.74, 6) is -0.980. The SMILES string of the molecule is CC\C=C/C=C\C=C/C=C\C=C\C=C/CCCCCC(=O)OC(COC(=O)CCCCCCC/C=C\CCCCCCCCC)COC(=O)CCCCCCCC/C=C\C/C=C\C/C=C\C/C=C\CC. The van der Waals surface area contributed by atoms with Crippen molar-refractivity contribution in [2.75, 3.05) is 13.2 Å². The van der Waals surface area contributed by atoms with Gasteiger partial charge in [-0.3, -0.25) is 14.4 Å². The summed E-state index contributed by atoms with van der Waals surface area (Å²) >= 11 is 0. The first-order chi connectivity index (χ1) is 34.5. The van der Waals surface area contributed by atoms with Crippen molar-refractivity contribution >= 4 is 17.9 Å². The smallest absolute Gasteiger partial charge is 0.306 e. The Morgan fingerprint density at radius 1 is 0.314 bits per heavy atom. The van der Waals surface area contributed by atoms with Crippen LogP contribution in [-0.2, 0) is 28.6 Å². The largest absolute Gasteiger partial charge is 0.462 e. The molecule has 0 aromatic rings. The summed E-state index contributed by atoms with van der Waals surface area (Å²) < 4.78 is 16.8. The van der Waals surface area contributed by atoms with E-state index in [2.05, 4.69) is 93.7 Å². The van der Waals surface area contributed by atoms with E-state index < -0.39 is 6.10 Å². The zero-order valence-electron chi connectivity index (χ0n) is 45.0. The van der Waals surface area contributed by atoms with Crippen LogP contribution >= 0.6 is 0 Å². The first-order valence-corrected chi connectivity index (χ1v) is 28.3. The monoisotopic (exact) mass is 967 g/mol. The number of esters is 3. The van der Waals surface area contributed by atoms with Gasteiger partial charge in [-0.25, -0.2) is 0 Å². The third kappa shape index (κ3) is 54.5. The molecular formula is C64H102O6. The van der Waals surface area contributed by atoms with Gasteiger partial charge in [-0.2, -0.15) is 0 Å². The third-order valence-electron chi connectivity index (χ3n) is 11.5. The van der Waals surface area contributed by atoms with Gasteiger partial charge in [0.2, 0.25) is 0 Å². The predicted octanol–water partition coefficient (Wildman–Crippen LogP) is 19.0. The van der Waals surface area contributed by atoms with Crippen molar-refractivity contribution in [2.45, 2.75) is 239 Å². The highest BCUT2D eigenvalue weighted by molar-refractivity contribution is 5.71. The highest BCUT2D eigenvalue weighted by atomic mass is 16.6. The summed E-state index contributed by atoms with van der Waals surface area (Å²) in [6.07, 6.45) is 80.0. The lowest BCUT2D eigenvalue weighted by atomic mass is 10.1. The number of hydrogen-bond donors (Lipinski definition) is 0. The van der Waals surface area contributed by atoms with Gasteiger partial charge >= 0.3 is 17.9 Å². The third-order valence-corrected chi connectivity index (χ3v) is 11.5. The van der Waals surface area contributed by atoms with E-state index in [1.54, 1.807) is 0 Å². The number of unbranched alkanes of at least 4 members (excludes halogenated alkanes) is 21. The van der Waals surface area contributed by atoms with Gasteiger partial charge in [-0.15, -0.1) is 0 Å². The molecule has 0 aliphatic carbocycles. The van der Waals surface area contributed by atoms with E-state index in [4.69, 9.17) is 14.2 Å². The Hall–Kier alpha value is -4.45. The quantitative estimate of drug-likeness (QED) is 0.0199. The molecule has 0 spiro atoms. The molecule has 0 aromatic carbocycles. The standard InChI is InChI=1S/C64H102O6/c1-4-7-10-13-16-19-22-25-28-31-32-34-36-39-42-45-48-51-54-57-63(66)69-60-61(59-68-62(65)56-53-50-47-44-41-38-35-30-27-24-21-18-15-12-9-6-3)70-64(67)58-55-52-49-46-43-40-37-33-29-26-23-20-17-14-11-8-5-2/h7-8,10-11,14,16-17,19-20,23,25-26,28-30,32-35,37,40,43,61H,4-6,9,12-13,15,18,21-22,24,27,31,36,38-39,41-42,44-60H2,1-3H3/b10-7-,11-8-,17-14-,19-16-,23-20-,28-25-,29-26-,34-32-,35-30-,37-33+,43-40-. The minimum absolute atomic E-state index is 0.110. The molecule has 0 heterocycles. The van der Waals surface area contributed by atoms with Crippen LogP contribution in [0.3, 0.4) is 0 Å². The molecule has 0 aromatic heterocycles. The number of carbonyl (C=O) groups excluding carboxylic acids is 3. The zero-order chi connectivity index (χ0) is 50.7. The maximum absolute atomic E-state index is 12.8. The zero-order valence-corrected chi connectivity index (χ0v) is 45.0. The van der Waals surface area contributed by atoms with Crippen LogP contribution in [0.15, 0.2) is 134 Å². The summed E-state index contributed by atoms with van der Waals surface area (Å²) in [5.41, 5.74) is 0. The Kier molecular flexibility index (Phi) is 53.5. The molecule has 6 heteroatoms. The fourth-order valence-electron chi connectivity index (χ4n) is 7.34. The van der Waals surface area contributed by atoms with Crippen molar-refractivity contribution in [3.8, 4) is 0 Å². The number of allylic oxidation sites excluding steroid dienone is 22. The fourth-order valence-corrected chi connectivity index (χ4v) is 7.34. The summed E-state index contributed by atoms with van der Waals surface area (Å²) in [6, 6.07) is 0. The first-order valence-electron chi connectivity index (χ1n) is 28.3. The van der Waals surface area contributed by atoms with Crippen molar-refractivity contribution in [1.82, 2.24) is 0 Å². The van der Waals surface area contributed by atoms with E-state index in [-0.39, 0.29) is 37.5 Å². The second-order valence-electron chi connectivity index (χ2n) is 18.2. The average molecular weight is 968 g/mol. The van der Waals surface area contributed by atoms with Gasteiger partial charge < -0.3 is 14.2 Å². The summed E-state index contributed by atoms with van der Waals surface area (Å²) in [6.45, 7) is 6.32. The Balaban J connectivity index is 4.54. The molecule has 0 aliphatic rings. The Morgan fingerprint density at radius 3 is 1.07 bits per heavy atom. The van der Waals surface area contributed by atoms with E-state index in [1.165, 1.54) is 70.6 Å². The van der Waals surface area contributed by atoms with E-state index in [1.807, 2.05) is 60.8 Å². The van der Waals surface area contributed by atoms with E-state index >= 15 is 0 Å². The molecule has 0 bridgehead atoms. The highest BCUT2D eigenvalue weighted by Crippen LogP contribution is 2.14. The van der Waals surface area contributed by atoms with Crippen molar-refractivity contribution < 1.29 is 28.6 Å². The molecule has 0 amide bonds. The summed E-state index contributed by atoms with van der Waals surface area (Å²) in [7, 11) is 0. The van der Waals surface area contributed by atoms with Gasteiger partial charge in [0, 0.05) is 19.3 Å². The fraction of sp³-hybridized carbons (Fsp3) is 0.609. The highest BCUT2D eigenvalue weighted by Gasteiger charge is 2.19. The van der Waals surface area contributed by atoms with Crippen molar-refractivity contribution in [3.63, 3.8) is 0 Å². The topological polar surface area (TPSA) is 78.9 Å². The average Bonchev–Trinajstić information content (AvgIpc) is 3.36. The minimum Gasteiger partial charge on any atom is -0.462 e. The van der Waals surface area contributed by atoms with Crippen LogP contribution in [0.1, 0.15) is 233 Å². The van der Waals surface area contributed by atoms with E-state index in [9.17, 15) is 14.4 Å². The van der Waals surface area contributed by atoms with Crippen LogP contribution in [0.2, 0.25) is 0 Å². The van der Waals surface area contributed by atoms with Gasteiger partial charge in [0.05, 0.1) is 0 Å². The van der Waals surface area contributed by atoms with Crippen LogP contribution in [-0.4, -0.2) is 37.2 Å². The normalized spacial score (nSPS) is 13.1. The van der Waals surface area contributed by atoms with Crippen LogP contribution in [0, 0.1) is 0 Å². The van der Waals surface area contributed by atoms with Crippen LogP contribution in [0.25, 0.3) is 0 Å². The summed E-state index contributed by atoms with van der Waals surface area (Å²) in [5, 5.41) is 0. The van der Waals surface area contributed by atoms with E-state index in [0.717, 1.165) is 116 Å². The lowest BCUT2D eigenvalue weighted by Gasteiger charge is -2.18. The molecule has 1 unspecified atom stereocenters. The molecule has 1 atom stereocenters. The first kappa shape index (κ1) is 65.5. The number of rotatable bonds is 49. The number of ether oxygens (including phenoxy) is 3. The second-order valence-corrected chi connectivity index (χ2v) is 18.2. The lowest BCUT2D eigenvalue weighted by Crippen LogP contribution is -2.30. The molecule has 0 fully saturated rings. The van der Waals surface area contributed by atoms with Crippen LogP contribution < -0.4 is 0 Å². The Morgan fingerprint density at radius 2 is 0.629 bits per heavy atom. The van der Waals surface area contributed by atoms with Crippen molar-refractivity contribution in [3.05, 3.63) is 134 Å². The molecule has 6 nitrogen and oxygen atoms in total. The minimum atomic E-state index is -0.817.